The van der Waals surface area contributed by atoms with Crippen LogP contribution >= 0.6 is 0 Å². The molecule has 0 saturated heterocycles. The van der Waals surface area contributed by atoms with Gasteiger partial charge in [-0.25, -0.2) is 0 Å². The standard InChI is InChI=1S/C12H22F3NO/c1-4-17-10-8-9(11(10,2)3)16-7-5-6-12(13,14)15/h9-10,16H,4-8H2,1-3H3. The van der Waals surface area contributed by atoms with Gasteiger partial charge in [-0.15, -0.1) is 0 Å². The Bertz CT molecular complexity index is 240. The maximum atomic E-state index is 11.9. The highest BCUT2D eigenvalue weighted by Gasteiger charge is 2.48. The summed E-state index contributed by atoms with van der Waals surface area (Å²) in [5.74, 6) is 0. The molecule has 0 bridgehead atoms. The van der Waals surface area contributed by atoms with Crippen LogP contribution in [0, 0.1) is 5.41 Å². The number of nitrogens with one attached hydrogen (secondary N) is 1. The number of alkyl halides is 3. The molecule has 1 N–H and O–H groups in total. The first-order valence-electron chi connectivity index (χ1n) is 6.19. The van der Waals surface area contributed by atoms with E-state index in [0.29, 0.717) is 13.2 Å². The lowest BCUT2D eigenvalue weighted by molar-refractivity contribution is -0.136. The zero-order valence-corrected chi connectivity index (χ0v) is 10.7. The molecule has 0 aromatic rings. The van der Waals surface area contributed by atoms with E-state index in [1.165, 1.54) is 0 Å². The van der Waals surface area contributed by atoms with Gasteiger partial charge in [-0.3, -0.25) is 0 Å². The lowest BCUT2D eigenvalue weighted by atomic mass is 9.64. The largest absolute Gasteiger partial charge is 0.389 e. The van der Waals surface area contributed by atoms with Crippen LogP contribution in [-0.2, 0) is 4.74 Å². The maximum Gasteiger partial charge on any atom is 0.389 e. The van der Waals surface area contributed by atoms with Crippen molar-refractivity contribution in [3.05, 3.63) is 0 Å². The summed E-state index contributed by atoms with van der Waals surface area (Å²) >= 11 is 0. The molecular formula is C12H22F3NO. The molecule has 0 aromatic carbocycles. The summed E-state index contributed by atoms with van der Waals surface area (Å²) in [6, 6.07) is 0.271. The van der Waals surface area contributed by atoms with Gasteiger partial charge in [-0.2, -0.15) is 13.2 Å². The molecule has 1 fully saturated rings. The lowest BCUT2D eigenvalue weighted by Crippen LogP contribution is -2.61. The number of rotatable bonds is 6. The second kappa shape index (κ2) is 5.57. The van der Waals surface area contributed by atoms with E-state index >= 15 is 0 Å². The van der Waals surface area contributed by atoms with Gasteiger partial charge in [0.1, 0.15) is 0 Å². The first-order chi connectivity index (χ1) is 7.77. The number of halogens is 3. The molecule has 0 aromatic heterocycles. The van der Waals surface area contributed by atoms with E-state index in [0.717, 1.165) is 6.42 Å². The molecule has 0 spiro atoms. The third kappa shape index (κ3) is 4.14. The molecule has 0 amide bonds. The van der Waals surface area contributed by atoms with E-state index < -0.39 is 12.6 Å². The topological polar surface area (TPSA) is 21.3 Å². The summed E-state index contributed by atoms with van der Waals surface area (Å²) in [7, 11) is 0. The van der Waals surface area contributed by atoms with Crippen molar-refractivity contribution in [1.29, 1.82) is 0 Å². The molecule has 0 aliphatic heterocycles. The number of hydrogen-bond donors (Lipinski definition) is 1. The van der Waals surface area contributed by atoms with Crippen molar-refractivity contribution in [2.75, 3.05) is 13.2 Å². The van der Waals surface area contributed by atoms with Crippen molar-refractivity contribution in [3.63, 3.8) is 0 Å². The third-order valence-corrected chi connectivity index (χ3v) is 3.57. The highest BCUT2D eigenvalue weighted by atomic mass is 19.4. The normalized spacial score (nSPS) is 27.9. The second-order valence-corrected chi connectivity index (χ2v) is 5.23. The molecule has 1 rings (SSSR count). The number of ether oxygens (including phenoxy) is 1. The van der Waals surface area contributed by atoms with Crippen LogP contribution in [0.5, 0.6) is 0 Å². The fourth-order valence-electron chi connectivity index (χ4n) is 2.28. The summed E-state index contributed by atoms with van der Waals surface area (Å²) in [6.07, 6.45) is -3.47. The maximum absolute atomic E-state index is 11.9. The molecule has 102 valence electrons. The molecule has 1 saturated carbocycles. The van der Waals surface area contributed by atoms with Gasteiger partial charge in [0.05, 0.1) is 6.10 Å². The van der Waals surface area contributed by atoms with Gasteiger partial charge in [0.15, 0.2) is 0 Å². The van der Waals surface area contributed by atoms with Crippen molar-refractivity contribution in [2.24, 2.45) is 5.41 Å². The Morgan fingerprint density at radius 1 is 1.35 bits per heavy atom. The van der Waals surface area contributed by atoms with E-state index in [2.05, 4.69) is 19.2 Å². The Kier molecular flexibility index (Phi) is 4.84. The van der Waals surface area contributed by atoms with Crippen molar-refractivity contribution in [3.8, 4) is 0 Å². The minimum Gasteiger partial charge on any atom is -0.378 e. The summed E-state index contributed by atoms with van der Waals surface area (Å²) in [4.78, 5) is 0. The van der Waals surface area contributed by atoms with Crippen molar-refractivity contribution in [2.45, 2.75) is 58.4 Å². The van der Waals surface area contributed by atoms with Crippen LogP contribution in [0.25, 0.3) is 0 Å². The predicted molar refractivity (Wildman–Crippen MR) is 60.9 cm³/mol. The van der Waals surface area contributed by atoms with Crippen LogP contribution in [0.2, 0.25) is 0 Å². The van der Waals surface area contributed by atoms with Crippen LogP contribution < -0.4 is 5.32 Å². The lowest BCUT2D eigenvalue weighted by Gasteiger charge is -2.52. The molecular weight excluding hydrogens is 231 g/mol. The van der Waals surface area contributed by atoms with Crippen molar-refractivity contribution >= 4 is 0 Å². The molecule has 0 radical (unpaired) electrons. The molecule has 2 atom stereocenters. The average Bonchev–Trinajstić information content (AvgIpc) is 2.19. The minimum atomic E-state index is -4.04. The van der Waals surface area contributed by atoms with Gasteiger partial charge in [0.25, 0.3) is 0 Å². The number of hydrogen-bond acceptors (Lipinski definition) is 2. The molecule has 2 nitrogen and oxygen atoms in total. The zero-order chi connectivity index (χ0) is 13.1. The van der Waals surface area contributed by atoms with Crippen molar-refractivity contribution in [1.82, 2.24) is 5.32 Å². The van der Waals surface area contributed by atoms with Gasteiger partial charge in [-0.05, 0) is 26.3 Å². The van der Waals surface area contributed by atoms with Crippen LogP contribution in [0.4, 0.5) is 13.2 Å². The average molecular weight is 253 g/mol. The van der Waals surface area contributed by atoms with E-state index in [1.54, 1.807) is 0 Å². The third-order valence-electron chi connectivity index (χ3n) is 3.57. The Morgan fingerprint density at radius 3 is 2.47 bits per heavy atom. The van der Waals surface area contributed by atoms with Crippen LogP contribution in [0.3, 0.4) is 0 Å². The smallest absolute Gasteiger partial charge is 0.378 e. The van der Waals surface area contributed by atoms with Gasteiger partial charge < -0.3 is 10.1 Å². The van der Waals surface area contributed by atoms with Gasteiger partial charge in [0.2, 0.25) is 0 Å². The molecule has 1 aliphatic rings. The van der Waals surface area contributed by atoms with E-state index in [1.807, 2.05) is 6.92 Å². The quantitative estimate of drug-likeness (QED) is 0.734. The molecule has 1 aliphatic carbocycles. The molecule has 5 heteroatoms. The van der Waals surface area contributed by atoms with Crippen LogP contribution in [-0.4, -0.2) is 31.5 Å². The Labute approximate surface area is 101 Å². The van der Waals surface area contributed by atoms with Crippen molar-refractivity contribution < 1.29 is 17.9 Å². The van der Waals surface area contributed by atoms with Crippen LogP contribution in [0.15, 0.2) is 0 Å². The zero-order valence-electron chi connectivity index (χ0n) is 10.7. The highest BCUT2D eigenvalue weighted by Crippen LogP contribution is 2.42. The summed E-state index contributed by atoms with van der Waals surface area (Å²) in [5.41, 5.74) is 0.0221. The van der Waals surface area contributed by atoms with Crippen LogP contribution in [0.1, 0.15) is 40.0 Å². The fraction of sp³-hybridized carbons (Fsp3) is 1.00. The summed E-state index contributed by atoms with van der Waals surface area (Å²) in [6.45, 7) is 7.26. The highest BCUT2D eigenvalue weighted by molar-refractivity contribution is 5.02. The fourth-order valence-corrected chi connectivity index (χ4v) is 2.28. The first kappa shape index (κ1) is 14.8. The first-order valence-corrected chi connectivity index (χ1v) is 6.19. The monoisotopic (exact) mass is 253 g/mol. The molecule has 2 unspecified atom stereocenters. The minimum absolute atomic E-state index is 0.0221. The molecule has 17 heavy (non-hydrogen) atoms. The molecule has 0 heterocycles. The van der Waals surface area contributed by atoms with Gasteiger partial charge in [0, 0.05) is 24.5 Å². The van der Waals surface area contributed by atoms with E-state index in [4.69, 9.17) is 4.74 Å². The second-order valence-electron chi connectivity index (χ2n) is 5.23. The predicted octanol–water partition coefficient (Wildman–Crippen LogP) is 3.12. The SMILES string of the molecule is CCOC1CC(NCCCC(F)(F)F)C1(C)C. The van der Waals surface area contributed by atoms with E-state index in [-0.39, 0.29) is 24.0 Å². The van der Waals surface area contributed by atoms with Gasteiger partial charge in [-0.1, -0.05) is 13.8 Å². The van der Waals surface area contributed by atoms with E-state index in [9.17, 15) is 13.2 Å². The summed E-state index contributed by atoms with van der Waals surface area (Å²) in [5, 5.41) is 3.19. The Hall–Kier alpha value is -0.290. The van der Waals surface area contributed by atoms with Gasteiger partial charge >= 0.3 is 6.18 Å². The Balaban J connectivity index is 2.18. The summed E-state index contributed by atoms with van der Waals surface area (Å²) < 4.78 is 41.4. The Morgan fingerprint density at radius 2 is 2.00 bits per heavy atom.